The lowest BCUT2D eigenvalue weighted by Gasteiger charge is -2.16. The van der Waals surface area contributed by atoms with E-state index in [0.717, 1.165) is 66.0 Å². The highest BCUT2D eigenvalue weighted by atomic mass is 16.2. The van der Waals surface area contributed by atoms with Gasteiger partial charge in [0.25, 0.3) is 0 Å². The molecule has 1 amide bonds. The van der Waals surface area contributed by atoms with Gasteiger partial charge >= 0.3 is 0 Å². The lowest BCUT2D eigenvalue weighted by molar-refractivity contribution is -0.117. The summed E-state index contributed by atoms with van der Waals surface area (Å²) in [6.07, 6.45) is 4.22. The second-order valence-corrected chi connectivity index (χ2v) is 9.00. The molecule has 35 heavy (non-hydrogen) atoms. The molecule has 0 spiro atoms. The number of nitrogens with zero attached hydrogens (tertiary/aromatic N) is 4. The third-order valence-electron chi connectivity index (χ3n) is 6.51. The van der Waals surface area contributed by atoms with Gasteiger partial charge in [-0.15, -0.1) is 0 Å². The standard InChI is InChI=1S/C28H26N6O/c35-26(18-34-13-5-6-14-34)31-24-9-3-1-7-22(24)28-32-25-10-4-2-8-23(25)27(33-28)30-21-12-11-19-16-29-17-20(19)15-21/h1-4,7-12,15,17H,5-6,13-14,16,18H2,(H,31,35)(H,30,32,33). The van der Waals surface area contributed by atoms with E-state index in [-0.39, 0.29) is 5.91 Å². The predicted molar refractivity (Wildman–Crippen MR) is 140 cm³/mol. The van der Waals surface area contributed by atoms with Crippen LogP contribution in [0, 0.1) is 0 Å². The number of anilines is 3. The fourth-order valence-electron chi connectivity index (χ4n) is 4.73. The Kier molecular flexibility index (Phi) is 5.68. The second kappa shape index (κ2) is 9.27. The van der Waals surface area contributed by atoms with Gasteiger partial charge in [-0.25, -0.2) is 9.97 Å². The summed E-state index contributed by atoms with van der Waals surface area (Å²) in [6.45, 7) is 3.09. The van der Waals surface area contributed by atoms with Crippen molar-refractivity contribution >= 4 is 40.2 Å². The summed E-state index contributed by atoms with van der Waals surface area (Å²) in [5.41, 5.74) is 5.63. The van der Waals surface area contributed by atoms with Crippen molar-refractivity contribution in [3.05, 3.63) is 77.9 Å². The zero-order valence-corrected chi connectivity index (χ0v) is 19.4. The first kappa shape index (κ1) is 21.4. The molecule has 1 fully saturated rings. The minimum absolute atomic E-state index is 0.0155. The number of carbonyl (C=O) groups is 1. The number of nitrogens with one attached hydrogen (secondary N) is 2. The first-order valence-corrected chi connectivity index (χ1v) is 12.0. The topological polar surface area (TPSA) is 82.5 Å². The number of aromatic nitrogens is 2. The summed E-state index contributed by atoms with van der Waals surface area (Å²) in [5.74, 6) is 1.27. The summed E-state index contributed by atoms with van der Waals surface area (Å²) in [5, 5.41) is 7.51. The van der Waals surface area contributed by atoms with Crippen molar-refractivity contribution < 1.29 is 4.79 Å². The normalized spacial score (nSPS) is 14.9. The van der Waals surface area contributed by atoms with Gasteiger partial charge in [-0.3, -0.25) is 14.7 Å². The van der Waals surface area contributed by atoms with E-state index >= 15 is 0 Å². The molecule has 7 heteroatoms. The lowest BCUT2D eigenvalue weighted by atomic mass is 10.1. The zero-order chi connectivity index (χ0) is 23.6. The van der Waals surface area contributed by atoms with Crippen molar-refractivity contribution in [3.63, 3.8) is 0 Å². The van der Waals surface area contributed by atoms with Gasteiger partial charge < -0.3 is 10.6 Å². The van der Waals surface area contributed by atoms with Crippen LogP contribution in [-0.4, -0.2) is 46.6 Å². The summed E-state index contributed by atoms with van der Waals surface area (Å²) in [7, 11) is 0. The Labute approximate surface area is 203 Å². The van der Waals surface area contributed by atoms with E-state index in [1.165, 1.54) is 5.56 Å². The van der Waals surface area contributed by atoms with Gasteiger partial charge in [0, 0.05) is 22.9 Å². The molecule has 3 heterocycles. The smallest absolute Gasteiger partial charge is 0.238 e. The molecule has 0 bridgehead atoms. The number of aliphatic imine (C=N–C) groups is 1. The number of fused-ring (bicyclic) bond motifs is 2. The Hall–Kier alpha value is -4.10. The first-order chi connectivity index (χ1) is 17.2. The van der Waals surface area contributed by atoms with E-state index in [1.54, 1.807) is 0 Å². The van der Waals surface area contributed by atoms with Crippen molar-refractivity contribution in [1.29, 1.82) is 0 Å². The summed E-state index contributed by atoms with van der Waals surface area (Å²) < 4.78 is 0. The van der Waals surface area contributed by atoms with Gasteiger partial charge in [-0.05, 0) is 73.5 Å². The molecule has 2 N–H and O–H groups in total. The van der Waals surface area contributed by atoms with Crippen LogP contribution in [0.4, 0.5) is 17.2 Å². The Morgan fingerprint density at radius 2 is 1.77 bits per heavy atom. The van der Waals surface area contributed by atoms with Crippen LogP contribution in [0.1, 0.15) is 24.0 Å². The zero-order valence-electron chi connectivity index (χ0n) is 19.4. The highest BCUT2D eigenvalue weighted by molar-refractivity contribution is 5.98. The third-order valence-corrected chi connectivity index (χ3v) is 6.51. The number of hydrogen-bond acceptors (Lipinski definition) is 6. The molecule has 1 aromatic heterocycles. The minimum Gasteiger partial charge on any atom is -0.340 e. The molecule has 4 aromatic rings. The van der Waals surface area contributed by atoms with E-state index in [4.69, 9.17) is 9.97 Å². The van der Waals surface area contributed by atoms with Gasteiger partial charge in [0.2, 0.25) is 5.91 Å². The van der Waals surface area contributed by atoms with E-state index < -0.39 is 0 Å². The summed E-state index contributed by atoms with van der Waals surface area (Å²) >= 11 is 0. The Morgan fingerprint density at radius 1 is 0.943 bits per heavy atom. The maximum atomic E-state index is 12.7. The highest BCUT2D eigenvalue weighted by Crippen LogP contribution is 2.31. The average molecular weight is 463 g/mol. The quantitative estimate of drug-likeness (QED) is 0.421. The van der Waals surface area contributed by atoms with E-state index in [9.17, 15) is 4.79 Å². The van der Waals surface area contributed by atoms with E-state index in [1.807, 2.05) is 54.7 Å². The van der Waals surface area contributed by atoms with Crippen LogP contribution in [0.2, 0.25) is 0 Å². The van der Waals surface area contributed by atoms with E-state index in [2.05, 4.69) is 38.7 Å². The van der Waals surface area contributed by atoms with Gasteiger partial charge in [-0.2, -0.15) is 0 Å². The molecule has 3 aromatic carbocycles. The van der Waals surface area contributed by atoms with Crippen LogP contribution in [0.3, 0.4) is 0 Å². The Balaban J connectivity index is 1.35. The van der Waals surface area contributed by atoms with Crippen molar-refractivity contribution in [1.82, 2.24) is 14.9 Å². The minimum atomic E-state index is -0.0155. The van der Waals surface area contributed by atoms with Crippen molar-refractivity contribution in [3.8, 4) is 11.4 Å². The molecule has 0 radical (unpaired) electrons. The van der Waals surface area contributed by atoms with Crippen molar-refractivity contribution in [2.75, 3.05) is 30.3 Å². The Bertz CT molecular complexity index is 1440. The fraction of sp³-hybridized carbons (Fsp3) is 0.214. The van der Waals surface area contributed by atoms with Gasteiger partial charge in [0.15, 0.2) is 5.82 Å². The SMILES string of the molecule is O=C(CN1CCCC1)Nc1ccccc1-c1nc(Nc2ccc3c(c2)C=NC3)c2ccccc2n1. The Morgan fingerprint density at radius 3 is 2.69 bits per heavy atom. The summed E-state index contributed by atoms with van der Waals surface area (Å²) in [4.78, 5) is 29.0. The van der Waals surface area contributed by atoms with Crippen LogP contribution < -0.4 is 10.6 Å². The van der Waals surface area contributed by atoms with Crippen LogP contribution in [0.5, 0.6) is 0 Å². The van der Waals surface area contributed by atoms with Crippen molar-refractivity contribution in [2.45, 2.75) is 19.4 Å². The maximum absolute atomic E-state index is 12.7. The molecule has 6 rings (SSSR count). The van der Waals surface area contributed by atoms with Gasteiger partial charge in [0.1, 0.15) is 5.82 Å². The van der Waals surface area contributed by atoms with Crippen LogP contribution in [0.25, 0.3) is 22.3 Å². The maximum Gasteiger partial charge on any atom is 0.238 e. The number of benzene rings is 3. The first-order valence-electron chi connectivity index (χ1n) is 12.0. The van der Waals surface area contributed by atoms with Crippen molar-refractivity contribution in [2.24, 2.45) is 4.99 Å². The highest BCUT2D eigenvalue weighted by Gasteiger charge is 2.18. The molecule has 0 saturated carbocycles. The average Bonchev–Trinajstić information content (AvgIpc) is 3.56. The second-order valence-electron chi connectivity index (χ2n) is 9.00. The lowest BCUT2D eigenvalue weighted by Crippen LogP contribution is -2.31. The molecule has 2 aliphatic heterocycles. The van der Waals surface area contributed by atoms with Gasteiger partial charge in [-0.1, -0.05) is 30.3 Å². The monoisotopic (exact) mass is 462 g/mol. The van der Waals surface area contributed by atoms with Crippen LogP contribution >= 0.6 is 0 Å². The molecule has 0 atom stereocenters. The molecular formula is C28H26N6O. The number of hydrogen-bond donors (Lipinski definition) is 2. The summed E-state index contributed by atoms with van der Waals surface area (Å²) in [6, 6.07) is 21.9. The number of rotatable bonds is 6. The third kappa shape index (κ3) is 4.50. The number of amides is 1. The predicted octanol–water partition coefficient (Wildman–Crippen LogP) is 5.01. The van der Waals surface area contributed by atoms with Crippen LogP contribution in [-0.2, 0) is 11.3 Å². The van der Waals surface area contributed by atoms with Gasteiger partial charge in [0.05, 0.1) is 24.3 Å². The largest absolute Gasteiger partial charge is 0.340 e. The molecular weight excluding hydrogens is 436 g/mol. The number of para-hydroxylation sites is 2. The number of carbonyl (C=O) groups excluding carboxylic acids is 1. The molecule has 0 unspecified atom stereocenters. The molecule has 174 valence electrons. The molecule has 7 nitrogen and oxygen atoms in total. The van der Waals surface area contributed by atoms with Crippen LogP contribution in [0.15, 0.2) is 71.7 Å². The molecule has 0 aliphatic carbocycles. The van der Waals surface area contributed by atoms with E-state index in [0.29, 0.717) is 18.1 Å². The number of likely N-dealkylation sites (tertiary alicyclic amines) is 1. The fourth-order valence-corrected chi connectivity index (χ4v) is 4.73. The molecule has 1 saturated heterocycles. The molecule has 2 aliphatic rings.